The van der Waals surface area contributed by atoms with Gasteiger partial charge >= 0.3 is 0 Å². The number of ether oxygens (including phenoxy) is 5. The third kappa shape index (κ3) is 9.66. The maximum absolute atomic E-state index is 6.74. The standard InChI is InChI=1S/C33H51N3O5/c1-33(2,3)35-21-28-20-34-22-31(32(28)27-10-7-25(8-11-27)23-39-18-17-38-5)41-24-26-9-12-30-29(19-26)36(14-16-40-30)13-6-15-37-4/h7-12,19,28,31-32,34-35H,6,13-18,20-24H2,1-5H3/t28-,31-,32-/m0/s1. The van der Waals surface area contributed by atoms with Gasteiger partial charge in [-0.25, -0.2) is 0 Å². The van der Waals surface area contributed by atoms with Crippen molar-refractivity contribution in [3.05, 3.63) is 59.2 Å². The second kappa shape index (κ2) is 15.9. The van der Waals surface area contributed by atoms with Crippen LogP contribution in [0.25, 0.3) is 0 Å². The van der Waals surface area contributed by atoms with Crippen LogP contribution in [0.1, 0.15) is 49.8 Å². The van der Waals surface area contributed by atoms with Crippen LogP contribution in [0, 0.1) is 5.92 Å². The molecular weight excluding hydrogens is 518 g/mol. The molecule has 2 aliphatic rings. The fraction of sp³-hybridized carbons (Fsp3) is 0.636. The van der Waals surface area contributed by atoms with E-state index in [-0.39, 0.29) is 17.6 Å². The number of hydrogen-bond donors (Lipinski definition) is 2. The molecule has 41 heavy (non-hydrogen) atoms. The van der Waals surface area contributed by atoms with Gasteiger partial charge in [-0.1, -0.05) is 30.3 Å². The summed E-state index contributed by atoms with van der Waals surface area (Å²) in [6.45, 7) is 15.1. The molecule has 0 unspecified atom stereocenters. The number of hydrogen-bond acceptors (Lipinski definition) is 8. The average Bonchev–Trinajstić information content (AvgIpc) is 2.97. The van der Waals surface area contributed by atoms with Crippen LogP contribution in [0.2, 0.25) is 0 Å². The van der Waals surface area contributed by atoms with Crippen molar-refractivity contribution in [2.24, 2.45) is 5.92 Å². The first kappa shape index (κ1) is 31.7. The zero-order valence-electron chi connectivity index (χ0n) is 25.7. The summed E-state index contributed by atoms with van der Waals surface area (Å²) in [5.74, 6) is 1.64. The fourth-order valence-electron chi connectivity index (χ4n) is 5.67. The number of piperidine rings is 1. The Kier molecular flexibility index (Phi) is 12.3. The first-order valence-electron chi connectivity index (χ1n) is 15.1. The van der Waals surface area contributed by atoms with Gasteiger partial charge in [0, 0.05) is 51.9 Å². The average molecular weight is 570 g/mol. The van der Waals surface area contributed by atoms with Crippen LogP contribution in [-0.2, 0) is 32.2 Å². The summed E-state index contributed by atoms with van der Waals surface area (Å²) >= 11 is 0. The summed E-state index contributed by atoms with van der Waals surface area (Å²) in [6.07, 6.45) is 1.05. The van der Waals surface area contributed by atoms with E-state index in [1.807, 2.05) is 0 Å². The lowest BCUT2D eigenvalue weighted by Crippen LogP contribution is -2.51. The Morgan fingerprint density at radius 2 is 1.73 bits per heavy atom. The van der Waals surface area contributed by atoms with Gasteiger partial charge in [-0.3, -0.25) is 0 Å². The normalized spacial score (nSPS) is 21.0. The predicted molar refractivity (Wildman–Crippen MR) is 164 cm³/mol. The second-order valence-electron chi connectivity index (χ2n) is 12.2. The molecule has 3 atom stereocenters. The number of nitrogens with one attached hydrogen (secondary N) is 2. The smallest absolute Gasteiger partial charge is 0.142 e. The third-order valence-electron chi connectivity index (χ3n) is 7.84. The molecule has 2 aromatic rings. The van der Waals surface area contributed by atoms with E-state index in [0.717, 1.165) is 57.2 Å². The Hall–Kier alpha value is -2.20. The molecule has 0 bridgehead atoms. The Bertz CT molecular complexity index is 1040. The van der Waals surface area contributed by atoms with E-state index in [2.05, 4.69) is 78.8 Å². The summed E-state index contributed by atoms with van der Waals surface area (Å²) in [4.78, 5) is 2.40. The molecule has 2 heterocycles. The van der Waals surface area contributed by atoms with Crippen LogP contribution in [0.5, 0.6) is 5.75 Å². The maximum atomic E-state index is 6.74. The number of nitrogens with zero attached hydrogens (tertiary/aromatic N) is 1. The SMILES string of the molecule is COCCCN1CCOc2ccc(CO[C@H]3CNC[C@@H](CNC(C)(C)C)[C@@H]3c3ccc(COCCOC)cc3)cc21. The van der Waals surface area contributed by atoms with Gasteiger partial charge in [0.25, 0.3) is 0 Å². The van der Waals surface area contributed by atoms with Crippen LogP contribution in [0.3, 0.4) is 0 Å². The fourth-order valence-corrected chi connectivity index (χ4v) is 5.67. The molecule has 228 valence electrons. The maximum Gasteiger partial charge on any atom is 0.142 e. The van der Waals surface area contributed by atoms with Gasteiger partial charge in [0.2, 0.25) is 0 Å². The van der Waals surface area contributed by atoms with Gasteiger partial charge in [-0.05, 0) is 68.5 Å². The van der Waals surface area contributed by atoms with E-state index < -0.39 is 0 Å². The lowest BCUT2D eigenvalue weighted by molar-refractivity contribution is -0.00666. The number of rotatable bonds is 15. The second-order valence-corrected chi connectivity index (χ2v) is 12.2. The molecule has 0 saturated carbocycles. The van der Waals surface area contributed by atoms with Crippen molar-refractivity contribution < 1.29 is 23.7 Å². The van der Waals surface area contributed by atoms with Crippen molar-refractivity contribution in [2.75, 3.05) is 78.3 Å². The van der Waals surface area contributed by atoms with Gasteiger partial charge in [-0.2, -0.15) is 0 Å². The molecule has 8 heteroatoms. The summed E-state index contributed by atoms with van der Waals surface area (Å²) in [7, 11) is 3.45. The highest BCUT2D eigenvalue weighted by Gasteiger charge is 2.35. The topological polar surface area (TPSA) is 73.5 Å². The quantitative estimate of drug-likeness (QED) is 0.307. The van der Waals surface area contributed by atoms with Crippen LogP contribution in [-0.4, -0.2) is 85.0 Å². The van der Waals surface area contributed by atoms with E-state index >= 15 is 0 Å². The molecule has 2 aliphatic heterocycles. The van der Waals surface area contributed by atoms with E-state index in [1.54, 1.807) is 14.2 Å². The van der Waals surface area contributed by atoms with Crippen LogP contribution in [0.15, 0.2) is 42.5 Å². The molecule has 2 N–H and O–H groups in total. The number of benzene rings is 2. The first-order valence-corrected chi connectivity index (χ1v) is 15.1. The number of anilines is 1. The highest BCUT2D eigenvalue weighted by Crippen LogP contribution is 2.35. The monoisotopic (exact) mass is 569 g/mol. The van der Waals surface area contributed by atoms with Gasteiger partial charge in [0.05, 0.1) is 44.8 Å². The Morgan fingerprint density at radius 1 is 0.951 bits per heavy atom. The van der Waals surface area contributed by atoms with E-state index in [4.69, 9.17) is 23.7 Å². The highest BCUT2D eigenvalue weighted by molar-refractivity contribution is 5.61. The molecule has 0 aliphatic carbocycles. The van der Waals surface area contributed by atoms with Crippen molar-refractivity contribution in [1.82, 2.24) is 10.6 Å². The summed E-state index contributed by atoms with van der Waals surface area (Å²) in [5.41, 5.74) is 4.88. The molecule has 0 amide bonds. The zero-order chi connectivity index (χ0) is 29.1. The summed E-state index contributed by atoms with van der Waals surface area (Å²) in [6, 6.07) is 15.4. The minimum atomic E-state index is 0.0576. The van der Waals surface area contributed by atoms with Crippen molar-refractivity contribution in [1.29, 1.82) is 0 Å². The molecule has 2 aromatic carbocycles. The van der Waals surface area contributed by atoms with Gasteiger partial charge < -0.3 is 39.2 Å². The lowest BCUT2D eigenvalue weighted by atomic mass is 9.78. The van der Waals surface area contributed by atoms with Gasteiger partial charge in [0.1, 0.15) is 12.4 Å². The third-order valence-corrected chi connectivity index (χ3v) is 7.84. The first-order chi connectivity index (χ1) is 19.9. The molecule has 1 saturated heterocycles. The molecule has 0 radical (unpaired) electrons. The van der Waals surface area contributed by atoms with E-state index in [9.17, 15) is 0 Å². The Labute approximate surface area is 247 Å². The van der Waals surface area contributed by atoms with E-state index in [0.29, 0.717) is 39.0 Å². The summed E-state index contributed by atoms with van der Waals surface area (Å²) in [5, 5.41) is 7.40. The predicted octanol–water partition coefficient (Wildman–Crippen LogP) is 4.36. The molecule has 8 nitrogen and oxygen atoms in total. The zero-order valence-corrected chi connectivity index (χ0v) is 25.7. The van der Waals surface area contributed by atoms with Crippen LogP contribution < -0.4 is 20.3 Å². The Morgan fingerprint density at radius 3 is 2.49 bits per heavy atom. The molecule has 0 aromatic heterocycles. The van der Waals surface area contributed by atoms with Crippen LogP contribution in [0.4, 0.5) is 5.69 Å². The molecular formula is C33H51N3O5. The van der Waals surface area contributed by atoms with Gasteiger partial charge in [0.15, 0.2) is 0 Å². The molecule has 4 rings (SSSR count). The van der Waals surface area contributed by atoms with Crippen molar-refractivity contribution in [3.63, 3.8) is 0 Å². The van der Waals surface area contributed by atoms with Crippen molar-refractivity contribution in [3.8, 4) is 5.75 Å². The van der Waals surface area contributed by atoms with Gasteiger partial charge in [-0.15, -0.1) is 0 Å². The molecule has 1 fully saturated rings. The largest absolute Gasteiger partial charge is 0.490 e. The Balaban J connectivity index is 1.47. The van der Waals surface area contributed by atoms with Crippen molar-refractivity contribution in [2.45, 2.75) is 58.0 Å². The van der Waals surface area contributed by atoms with Crippen LogP contribution >= 0.6 is 0 Å². The minimum absolute atomic E-state index is 0.0576. The number of methoxy groups -OCH3 is 2. The minimum Gasteiger partial charge on any atom is -0.490 e. The highest BCUT2D eigenvalue weighted by atomic mass is 16.5. The van der Waals surface area contributed by atoms with E-state index in [1.165, 1.54) is 16.7 Å². The lowest BCUT2D eigenvalue weighted by Gasteiger charge is -2.40. The summed E-state index contributed by atoms with van der Waals surface area (Å²) < 4.78 is 28.8. The number of fused-ring (bicyclic) bond motifs is 1. The van der Waals surface area contributed by atoms with Crippen molar-refractivity contribution >= 4 is 5.69 Å². The molecule has 0 spiro atoms.